The Labute approximate surface area is 134 Å². The maximum Gasteiger partial charge on any atom is 0.222 e. The third kappa shape index (κ3) is 3.93. The molecule has 0 radical (unpaired) electrons. The highest BCUT2D eigenvalue weighted by Crippen LogP contribution is 2.25. The van der Waals surface area contributed by atoms with Crippen LogP contribution < -0.4 is 11.1 Å². The van der Waals surface area contributed by atoms with Crippen molar-refractivity contribution >= 4 is 11.8 Å². The number of hydrogen-bond acceptors (Lipinski definition) is 8. The first-order valence-corrected chi connectivity index (χ1v) is 7.58. The van der Waals surface area contributed by atoms with Crippen LogP contribution in [-0.2, 0) is 22.6 Å². The number of nitrogen functional groups attached to an aromatic ring is 1. The van der Waals surface area contributed by atoms with Crippen molar-refractivity contribution in [3.8, 4) is 0 Å². The second-order valence-electron chi connectivity index (χ2n) is 5.38. The van der Waals surface area contributed by atoms with Crippen LogP contribution in [0.2, 0.25) is 0 Å². The molecule has 3 N–H and O–H groups in total. The minimum Gasteiger partial charge on any atom is -0.383 e. The van der Waals surface area contributed by atoms with Crippen molar-refractivity contribution < 1.29 is 9.47 Å². The molecule has 0 unspecified atom stereocenters. The Morgan fingerprint density at radius 3 is 3.17 bits per heavy atom. The van der Waals surface area contributed by atoms with Crippen molar-refractivity contribution in [3.63, 3.8) is 0 Å². The van der Waals surface area contributed by atoms with Crippen molar-refractivity contribution in [2.24, 2.45) is 0 Å². The lowest BCUT2D eigenvalue weighted by Crippen LogP contribution is -2.13. The zero-order valence-electron chi connectivity index (χ0n) is 13.1. The minimum atomic E-state index is 0.262. The molecular formula is C14H21N7O2. The summed E-state index contributed by atoms with van der Waals surface area (Å²) in [7, 11) is 1.67. The lowest BCUT2D eigenvalue weighted by molar-refractivity contribution is 0.186. The first-order chi connectivity index (χ1) is 11.3. The number of aromatic nitrogens is 5. The van der Waals surface area contributed by atoms with Gasteiger partial charge in [0.15, 0.2) is 5.82 Å². The van der Waals surface area contributed by atoms with E-state index in [1.165, 1.54) is 0 Å². The molecule has 1 aliphatic rings. The molecular weight excluding hydrogens is 298 g/mol. The molecule has 0 aliphatic carbocycles. The summed E-state index contributed by atoms with van der Waals surface area (Å²) in [6, 6.07) is 1.92. The van der Waals surface area contributed by atoms with Gasteiger partial charge in [-0.2, -0.15) is 4.98 Å². The van der Waals surface area contributed by atoms with E-state index >= 15 is 0 Å². The number of rotatable bonds is 7. The molecule has 3 heterocycles. The molecule has 0 amide bonds. The summed E-state index contributed by atoms with van der Waals surface area (Å²) in [5.74, 6) is 2.04. The molecule has 2 aromatic heterocycles. The molecule has 1 saturated heterocycles. The first kappa shape index (κ1) is 15.6. The molecule has 2 aromatic rings. The molecule has 1 aliphatic heterocycles. The van der Waals surface area contributed by atoms with Crippen LogP contribution in [0.3, 0.4) is 0 Å². The van der Waals surface area contributed by atoms with Crippen LogP contribution in [-0.4, -0.2) is 51.7 Å². The van der Waals surface area contributed by atoms with Gasteiger partial charge < -0.3 is 25.1 Å². The summed E-state index contributed by atoms with van der Waals surface area (Å²) < 4.78 is 12.4. The smallest absolute Gasteiger partial charge is 0.222 e. The fourth-order valence-electron chi connectivity index (χ4n) is 2.51. The van der Waals surface area contributed by atoms with E-state index < -0.39 is 0 Å². The third-order valence-corrected chi connectivity index (χ3v) is 3.77. The largest absolute Gasteiger partial charge is 0.383 e. The lowest BCUT2D eigenvalue weighted by Gasteiger charge is -2.11. The number of nitrogens with two attached hydrogens (primary N) is 1. The van der Waals surface area contributed by atoms with E-state index in [0.717, 1.165) is 24.5 Å². The molecule has 0 spiro atoms. The summed E-state index contributed by atoms with van der Waals surface area (Å²) >= 11 is 0. The second kappa shape index (κ2) is 7.34. The number of nitrogens with one attached hydrogen (secondary N) is 1. The Kier molecular flexibility index (Phi) is 4.99. The zero-order valence-corrected chi connectivity index (χ0v) is 13.1. The van der Waals surface area contributed by atoms with Crippen LogP contribution in [0.5, 0.6) is 0 Å². The van der Waals surface area contributed by atoms with Crippen LogP contribution >= 0.6 is 0 Å². The summed E-state index contributed by atoms with van der Waals surface area (Å²) in [5.41, 5.74) is 6.73. The van der Waals surface area contributed by atoms with Crippen LogP contribution in [0.4, 0.5) is 11.8 Å². The summed E-state index contributed by atoms with van der Waals surface area (Å²) in [6.07, 6.45) is 2.65. The van der Waals surface area contributed by atoms with Gasteiger partial charge in [-0.15, -0.1) is 10.2 Å². The number of methoxy groups -OCH3 is 1. The molecule has 23 heavy (non-hydrogen) atoms. The monoisotopic (exact) mass is 319 g/mol. The van der Waals surface area contributed by atoms with Crippen molar-refractivity contribution in [2.45, 2.75) is 25.4 Å². The third-order valence-electron chi connectivity index (χ3n) is 3.77. The maximum absolute atomic E-state index is 5.82. The Hall–Kier alpha value is -2.26. The minimum absolute atomic E-state index is 0.262. The highest BCUT2D eigenvalue weighted by molar-refractivity contribution is 5.41. The van der Waals surface area contributed by atoms with Gasteiger partial charge >= 0.3 is 0 Å². The van der Waals surface area contributed by atoms with E-state index in [1.54, 1.807) is 13.4 Å². The average Bonchev–Trinajstić information content (AvgIpc) is 3.22. The van der Waals surface area contributed by atoms with Crippen molar-refractivity contribution in [1.29, 1.82) is 0 Å². The maximum atomic E-state index is 5.82. The fraction of sp³-hybridized carbons (Fsp3) is 0.571. The van der Waals surface area contributed by atoms with Gasteiger partial charge in [-0.1, -0.05) is 0 Å². The molecule has 124 valence electrons. The molecule has 1 fully saturated rings. The van der Waals surface area contributed by atoms with Crippen molar-refractivity contribution in [1.82, 2.24) is 24.7 Å². The van der Waals surface area contributed by atoms with E-state index in [1.807, 2.05) is 10.6 Å². The number of anilines is 2. The standard InChI is InChI=1S/C14H21N7O2/c1-22-5-3-21-9-17-20-13(21)7-16-12-6-11(18-14(15)19-12)10-2-4-23-8-10/h6,9-10H,2-5,7-8H2,1H3,(H3,15,16,18,19)/t10-/m1/s1. The second-order valence-corrected chi connectivity index (χ2v) is 5.38. The molecule has 1 atom stereocenters. The van der Waals surface area contributed by atoms with Crippen LogP contribution in [0.15, 0.2) is 12.4 Å². The fourth-order valence-corrected chi connectivity index (χ4v) is 2.51. The predicted molar refractivity (Wildman–Crippen MR) is 83.8 cm³/mol. The number of hydrogen-bond donors (Lipinski definition) is 2. The van der Waals surface area contributed by atoms with E-state index in [0.29, 0.717) is 32.1 Å². The van der Waals surface area contributed by atoms with Crippen molar-refractivity contribution in [2.75, 3.05) is 38.0 Å². The summed E-state index contributed by atoms with van der Waals surface area (Å²) in [4.78, 5) is 8.54. The Balaban J connectivity index is 1.67. The predicted octanol–water partition coefficient (Wildman–Crippen LogP) is 0.413. The quantitative estimate of drug-likeness (QED) is 0.754. The molecule has 0 aromatic carbocycles. The lowest BCUT2D eigenvalue weighted by atomic mass is 10.0. The number of nitrogens with zero attached hydrogens (tertiary/aromatic N) is 5. The highest BCUT2D eigenvalue weighted by Gasteiger charge is 2.20. The topological polar surface area (TPSA) is 113 Å². The Morgan fingerprint density at radius 1 is 1.48 bits per heavy atom. The van der Waals surface area contributed by atoms with Gasteiger partial charge in [0.05, 0.1) is 25.5 Å². The van der Waals surface area contributed by atoms with E-state index in [4.69, 9.17) is 15.2 Å². The molecule has 0 saturated carbocycles. The summed E-state index contributed by atoms with van der Waals surface area (Å²) in [6.45, 7) is 3.26. The van der Waals surface area contributed by atoms with Crippen molar-refractivity contribution in [3.05, 3.63) is 23.9 Å². The van der Waals surface area contributed by atoms with E-state index in [-0.39, 0.29) is 11.9 Å². The van der Waals surface area contributed by atoms with Crippen LogP contribution in [0.1, 0.15) is 23.9 Å². The number of ether oxygens (including phenoxy) is 2. The van der Waals surface area contributed by atoms with Gasteiger partial charge in [-0.25, -0.2) is 4.98 Å². The van der Waals surface area contributed by atoms with Gasteiger partial charge in [-0.05, 0) is 6.42 Å². The Bertz CT molecular complexity index is 640. The van der Waals surface area contributed by atoms with Crippen LogP contribution in [0, 0.1) is 0 Å². The molecule has 9 heteroatoms. The first-order valence-electron chi connectivity index (χ1n) is 7.58. The van der Waals surface area contributed by atoms with Gasteiger partial charge in [0.25, 0.3) is 0 Å². The van der Waals surface area contributed by atoms with Gasteiger partial charge in [0, 0.05) is 32.2 Å². The van der Waals surface area contributed by atoms with E-state index in [9.17, 15) is 0 Å². The normalized spacial score (nSPS) is 17.5. The molecule has 9 nitrogen and oxygen atoms in total. The highest BCUT2D eigenvalue weighted by atomic mass is 16.5. The van der Waals surface area contributed by atoms with Gasteiger partial charge in [-0.3, -0.25) is 0 Å². The molecule has 3 rings (SSSR count). The average molecular weight is 319 g/mol. The van der Waals surface area contributed by atoms with Gasteiger partial charge in [0.2, 0.25) is 5.95 Å². The zero-order chi connectivity index (χ0) is 16.1. The SMILES string of the molecule is COCCn1cnnc1CNc1cc([C@@H]2CCOC2)nc(N)n1. The van der Waals surface area contributed by atoms with Gasteiger partial charge in [0.1, 0.15) is 12.1 Å². The van der Waals surface area contributed by atoms with Crippen LogP contribution in [0.25, 0.3) is 0 Å². The molecule has 0 bridgehead atoms. The van der Waals surface area contributed by atoms with E-state index in [2.05, 4.69) is 25.5 Å². The summed E-state index contributed by atoms with van der Waals surface area (Å²) in [5, 5.41) is 11.3. The Morgan fingerprint density at radius 2 is 2.39 bits per heavy atom.